The summed E-state index contributed by atoms with van der Waals surface area (Å²) in [6.45, 7) is 0. The minimum absolute atomic E-state index is 0.539. The number of furan rings is 2. The van der Waals surface area contributed by atoms with E-state index in [-0.39, 0.29) is 0 Å². The zero-order valence-electron chi connectivity index (χ0n) is 30.3. The third-order valence-corrected chi connectivity index (χ3v) is 12.1. The highest BCUT2D eigenvalue weighted by Gasteiger charge is 2.22. The molecular weight excluding hydrogens is 719 g/mol. The van der Waals surface area contributed by atoms with E-state index < -0.39 is 0 Å². The van der Waals surface area contributed by atoms with Crippen LogP contribution in [-0.2, 0) is 0 Å². The van der Waals surface area contributed by atoms with E-state index in [1.54, 1.807) is 0 Å². The maximum Gasteiger partial charge on any atom is 0.167 e. The van der Waals surface area contributed by atoms with Crippen LogP contribution < -0.4 is 0 Å². The molecule has 0 amide bonds. The van der Waals surface area contributed by atoms with Crippen LogP contribution in [0.2, 0.25) is 0 Å². The van der Waals surface area contributed by atoms with Crippen molar-refractivity contribution in [1.29, 1.82) is 0 Å². The molecule has 0 N–H and O–H groups in total. The Balaban J connectivity index is 1.12. The number of rotatable bonds is 5. The molecule has 0 bridgehead atoms. The second-order valence-corrected chi connectivity index (χ2v) is 15.4. The number of fused-ring (bicyclic) bond motifs is 9. The number of thiophene rings is 1. The summed E-state index contributed by atoms with van der Waals surface area (Å²) in [5.74, 6) is 1.68. The summed E-state index contributed by atoms with van der Waals surface area (Å²) < 4.78 is 15.6. The Morgan fingerprint density at radius 3 is 1.86 bits per heavy atom. The first kappa shape index (κ1) is 31.9. The molecule has 0 aliphatic heterocycles. The van der Waals surface area contributed by atoms with Gasteiger partial charge in [0, 0.05) is 52.8 Å². The smallest absolute Gasteiger partial charge is 0.167 e. The number of benzene rings is 8. The van der Waals surface area contributed by atoms with E-state index in [0.717, 1.165) is 66.1 Å². The van der Waals surface area contributed by atoms with Crippen molar-refractivity contribution in [3.05, 3.63) is 176 Å². The highest BCUT2D eigenvalue weighted by Crippen LogP contribution is 2.47. The van der Waals surface area contributed by atoms with Gasteiger partial charge >= 0.3 is 0 Å². The maximum atomic E-state index is 6.60. The van der Waals surface area contributed by atoms with Gasteiger partial charge in [0.15, 0.2) is 17.5 Å². The molecule has 0 aliphatic rings. The Morgan fingerprint density at radius 1 is 0.351 bits per heavy atom. The lowest BCUT2D eigenvalue weighted by Crippen LogP contribution is -2.00. The van der Waals surface area contributed by atoms with E-state index in [0.29, 0.717) is 17.5 Å². The molecule has 5 nitrogen and oxygen atoms in total. The Morgan fingerprint density at radius 2 is 1.00 bits per heavy atom. The summed E-state index contributed by atoms with van der Waals surface area (Å²) in [6, 6.07) is 61.0. The fourth-order valence-electron chi connectivity index (χ4n) is 8.40. The van der Waals surface area contributed by atoms with E-state index in [9.17, 15) is 0 Å². The minimum Gasteiger partial charge on any atom is -0.456 e. The molecule has 4 aromatic heterocycles. The lowest BCUT2D eigenvalue weighted by molar-refractivity contribution is 0.668. The van der Waals surface area contributed by atoms with Crippen LogP contribution in [0.4, 0.5) is 0 Å². The number of nitrogens with zero attached hydrogens (tertiary/aromatic N) is 3. The van der Waals surface area contributed by atoms with Crippen LogP contribution in [0.3, 0.4) is 0 Å². The topological polar surface area (TPSA) is 65.0 Å². The van der Waals surface area contributed by atoms with Crippen molar-refractivity contribution in [1.82, 2.24) is 15.0 Å². The maximum absolute atomic E-state index is 6.60. The fraction of sp³-hybridized carbons (Fsp3) is 0. The summed E-state index contributed by atoms with van der Waals surface area (Å²) >= 11 is 1.83. The van der Waals surface area contributed by atoms with E-state index in [1.165, 1.54) is 36.9 Å². The van der Waals surface area contributed by atoms with Crippen LogP contribution in [0, 0.1) is 0 Å². The average molecular weight is 748 g/mol. The monoisotopic (exact) mass is 747 g/mol. The number of hydrogen-bond acceptors (Lipinski definition) is 6. The van der Waals surface area contributed by atoms with Gasteiger partial charge in [-0.05, 0) is 64.7 Å². The normalized spacial score (nSPS) is 11.9. The third-order valence-electron chi connectivity index (χ3n) is 11.0. The molecule has 0 saturated carbocycles. The molecule has 0 saturated heterocycles. The molecular formula is C51H29N3O2S. The molecule has 8 aromatic carbocycles. The van der Waals surface area contributed by atoms with Crippen molar-refractivity contribution in [2.24, 2.45) is 0 Å². The van der Waals surface area contributed by atoms with Gasteiger partial charge in [-0.1, -0.05) is 133 Å². The quantitative estimate of drug-likeness (QED) is 0.175. The van der Waals surface area contributed by atoms with Gasteiger partial charge in [-0.15, -0.1) is 11.3 Å². The van der Waals surface area contributed by atoms with Crippen molar-refractivity contribution >= 4 is 75.4 Å². The van der Waals surface area contributed by atoms with Crippen LogP contribution >= 0.6 is 11.3 Å². The van der Waals surface area contributed by atoms with Crippen LogP contribution in [0.5, 0.6) is 0 Å². The molecule has 12 rings (SSSR count). The molecule has 0 aliphatic carbocycles. The number of para-hydroxylation sites is 2. The second kappa shape index (κ2) is 12.6. The van der Waals surface area contributed by atoms with Gasteiger partial charge in [-0.2, -0.15) is 0 Å². The molecule has 0 radical (unpaired) electrons. The molecule has 12 aromatic rings. The molecule has 0 unspecified atom stereocenters. The van der Waals surface area contributed by atoms with Gasteiger partial charge in [-0.25, -0.2) is 15.0 Å². The first-order valence-corrected chi connectivity index (χ1v) is 19.7. The molecule has 0 atom stereocenters. The van der Waals surface area contributed by atoms with E-state index in [1.807, 2.05) is 84.1 Å². The molecule has 266 valence electrons. The zero-order valence-corrected chi connectivity index (χ0v) is 31.1. The average Bonchev–Trinajstić information content (AvgIpc) is 3.97. The predicted molar refractivity (Wildman–Crippen MR) is 234 cm³/mol. The Bertz CT molecular complexity index is 3530. The standard InChI is InChI=1S/C51H29N3O2S/c1-3-13-30(14-4-1)33-26-28-44-47(36-18-8-10-24-43(36)57-44)45(33)32-25-27-41-39(29-32)46-37(20-12-23-42(46)55-41)50-52-49(31-15-5-2-6-16-31)53-51(54-50)38-21-11-19-35-34-17-7-9-22-40(34)56-48(35)38/h1-29H. The first-order valence-electron chi connectivity index (χ1n) is 18.9. The third kappa shape index (κ3) is 5.04. The van der Waals surface area contributed by atoms with Crippen LogP contribution in [-0.4, -0.2) is 15.0 Å². The number of aromatic nitrogens is 3. The molecule has 0 fully saturated rings. The predicted octanol–water partition coefficient (Wildman–Crippen LogP) is 14.4. The van der Waals surface area contributed by atoms with Crippen LogP contribution in [0.1, 0.15) is 0 Å². The summed E-state index contributed by atoms with van der Waals surface area (Å²) in [7, 11) is 0. The first-order chi connectivity index (χ1) is 28.2. The lowest BCUT2D eigenvalue weighted by Gasteiger charge is -2.13. The van der Waals surface area contributed by atoms with Gasteiger partial charge < -0.3 is 8.83 Å². The van der Waals surface area contributed by atoms with Gasteiger partial charge in [-0.3, -0.25) is 0 Å². The molecule has 57 heavy (non-hydrogen) atoms. The highest BCUT2D eigenvalue weighted by molar-refractivity contribution is 7.26. The van der Waals surface area contributed by atoms with Crippen LogP contribution in [0.15, 0.2) is 185 Å². The van der Waals surface area contributed by atoms with E-state index >= 15 is 0 Å². The lowest BCUT2D eigenvalue weighted by atomic mass is 9.90. The van der Waals surface area contributed by atoms with E-state index in [4.69, 9.17) is 23.8 Å². The van der Waals surface area contributed by atoms with Crippen molar-refractivity contribution in [2.45, 2.75) is 0 Å². The SMILES string of the molecule is c1ccc(-c2nc(-c3cccc4c3oc3ccccc34)nc(-c3cccc4oc5ccc(-c6c(-c7ccccc7)ccc7sc8ccccc8c67)cc5c34)n2)cc1. The van der Waals surface area contributed by atoms with Crippen molar-refractivity contribution in [2.75, 3.05) is 0 Å². The van der Waals surface area contributed by atoms with Gasteiger partial charge in [0.1, 0.15) is 22.3 Å². The number of hydrogen-bond donors (Lipinski definition) is 0. The summed E-state index contributed by atoms with van der Waals surface area (Å²) in [6.07, 6.45) is 0. The second-order valence-electron chi connectivity index (χ2n) is 14.3. The van der Waals surface area contributed by atoms with Gasteiger partial charge in [0.05, 0.1) is 5.56 Å². The van der Waals surface area contributed by atoms with Crippen molar-refractivity contribution in [3.8, 4) is 56.4 Å². The van der Waals surface area contributed by atoms with Gasteiger partial charge in [0.25, 0.3) is 0 Å². The Labute approximate surface area is 330 Å². The largest absolute Gasteiger partial charge is 0.456 e. The summed E-state index contributed by atoms with van der Waals surface area (Å²) in [5, 5.41) is 6.55. The zero-order chi connectivity index (χ0) is 37.5. The van der Waals surface area contributed by atoms with Gasteiger partial charge in [0.2, 0.25) is 0 Å². The molecule has 6 heteroatoms. The Hall–Kier alpha value is -7.41. The minimum atomic E-state index is 0.539. The Kier molecular flexibility index (Phi) is 7.03. The van der Waals surface area contributed by atoms with E-state index in [2.05, 4.69) is 103 Å². The molecule has 0 spiro atoms. The molecule has 4 heterocycles. The summed E-state index contributed by atoms with van der Waals surface area (Å²) in [4.78, 5) is 15.5. The van der Waals surface area contributed by atoms with Crippen LogP contribution in [0.25, 0.3) is 120 Å². The fourth-order valence-corrected chi connectivity index (χ4v) is 9.51. The highest BCUT2D eigenvalue weighted by atomic mass is 32.1. The van der Waals surface area contributed by atoms with Crippen molar-refractivity contribution < 1.29 is 8.83 Å². The van der Waals surface area contributed by atoms with Crippen molar-refractivity contribution in [3.63, 3.8) is 0 Å². The summed E-state index contributed by atoms with van der Waals surface area (Å²) in [5.41, 5.74) is 10.4.